The Morgan fingerprint density at radius 1 is 0.696 bits per heavy atom. The number of hydrogen-bond donors (Lipinski definition) is 0. The van der Waals surface area contributed by atoms with Crippen molar-refractivity contribution in [2.75, 3.05) is 6.61 Å². The maximum atomic E-state index is 13.3. The molecule has 0 spiro atoms. The third-order valence-electron chi connectivity index (χ3n) is 8.04. The van der Waals surface area contributed by atoms with E-state index >= 15 is 0 Å². The molecule has 0 aromatic heterocycles. The molecule has 4 aromatic rings. The molecular formula is C37H38N2O7. The van der Waals surface area contributed by atoms with Crippen LogP contribution in [-0.4, -0.2) is 41.7 Å². The fourth-order valence-electron chi connectivity index (χ4n) is 5.66. The molecule has 1 aliphatic heterocycles. The van der Waals surface area contributed by atoms with E-state index in [1.165, 1.54) is 0 Å². The van der Waals surface area contributed by atoms with Crippen LogP contribution in [0.15, 0.2) is 121 Å². The highest BCUT2D eigenvalue weighted by atomic mass is 16.7. The van der Waals surface area contributed by atoms with Crippen LogP contribution in [0.4, 0.5) is 0 Å². The van der Waals surface area contributed by atoms with Gasteiger partial charge in [0.25, 0.3) is 0 Å². The minimum absolute atomic E-state index is 0.0617. The van der Waals surface area contributed by atoms with Crippen molar-refractivity contribution >= 4 is 0 Å². The van der Waals surface area contributed by atoms with Crippen LogP contribution in [0.25, 0.3) is 0 Å². The van der Waals surface area contributed by atoms with Gasteiger partial charge in [0.05, 0.1) is 39.1 Å². The second-order valence-corrected chi connectivity index (χ2v) is 11.2. The Hall–Kier alpha value is -4.43. The topological polar surface area (TPSA) is 113 Å². The van der Waals surface area contributed by atoms with Crippen LogP contribution >= 0.6 is 0 Å². The number of benzene rings is 4. The summed E-state index contributed by atoms with van der Waals surface area (Å²) < 4.78 is 31.9. The van der Waals surface area contributed by atoms with E-state index in [1.807, 2.05) is 121 Å². The first-order valence-electron chi connectivity index (χ1n) is 15.4. The van der Waals surface area contributed by atoms with E-state index < -0.39 is 35.1 Å². The molecule has 0 radical (unpaired) electrons. The first-order valence-corrected chi connectivity index (χ1v) is 15.4. The Bertz CT molecular complexity index is 1520. The van der Waals surface area contributed by atoms with Gasteiger partial charge in [0.1, 0.15) is 12.2 Å². The van der Waals surface area contributed by atoms with Crippen LogP contribution in [0, 0.1) is 21.4 Å². The zero-order valence-electron chi connectivity index (χ0n) is 25.6. The van der Waals surface area contributed by atoms with Crippen molar-refractivity contribution in [2.24, 2.45) is 0 Å². The predicted octanol–water partition coefficient (Wildman–Crippen LogP) is 6.63. The van der Waals surface area contributed by atoms with Gasteiger partial charge < -0.3 is 23.7 Å². The predicted molar refractivity (Wildman–Crippen MR) is 171 cm³/mol. The summed E-state index contributed by atoms with van der Waals surface area (Å²) in [5.74, 6) is 0. The molecule has 0 amide bonds. The van der Waals surface area contributed by atoms with Crippen LogP contribution in [-0.2, 0) is 50.1 Å². The van der Waals surface area contributed by atoms with Gasteiger partial charge in [0, 0.05) is 17.8 Å². The Morgan fingerprint density at radius 2 is 1.15 bits per heavy atom. The second-order valence-electron chi connectivity index (χ2n) is 11.2. The molecule has 5 rings (SSSR count). The minimum Gasteiger partial charge on any atom is -0.374 e. The molecule has 0 aliphatic carbocycles. The third kappa shape index (κ3) is 8.43. The average molecular weight is 623 g/mol. The molecule has 1 aliphatic rings. The number of ether oxygens (including phenoxy) is 5. The Balaban J connectivity index is 1.51. The molecule has 9 heteroatoms. The zero-order valence-corrected chi connectivity index (χ0v) is 25.6. The smallest absolute Gasteiger partial charge is 0.301 e. The fourth-order valence-corrected chi connectivity index (χ4v) is 5.66. The first-order chi connectivity index (χ1) is 22.6. The van der Waals surface area contributed by atoms with Gasteiger partial charge in [-0.2, -0.15) is 5.26 Å². The maximum absolute atomic E-state index is 13.3. The summed E-state index contributed by atoms with van der Waals surface area (Å²) in [4.78, 5) is 12.9. The third-order valence-corrected chi connectivity index (χ3v) is 8.04. The largest absolute Gasteiger partial charge is 0.374 e. The van der Waals surface area contributed by atoms with Gasteiger partial charge in [-0.05, 0) is 22.3 Å². The molecule has 0 bridgehead atoms. The summed E-state index contributed by atoms with van der Waals surface area (Å²) in [5.41, 5.74) is 1.56. The Labute approximate surface area is 269 Å². The highest BCUT2D eigenvalue weighted by Gasteiger charge is 2.67. The van der Waals surface area contributed by atoms with Crippen molar-refractivity contribution in [3.63, 3.8) is 0 Å². The lowest BCUT2D eigenvalue weighted by Gasteiger charge is -2.48. The molecule has 1 heterocycles. The lowest BCUT2D eigenvalue weighted by molar-refractivity contribution is -0.627. The second kappa shape index (κ2) is 16.8. The normalized spacial score (nSPS) is 22.6. The number of nitrogens with zero attached hydrogens (tertiary/aromatic N) is 2. The van der Waals surface area contributed by atoms with E-state index in [0.717, 1.165) is 22.3 Å². The number of rotatable bonds is 16. The fraction of sp³-hybridized carbons (Fsp3) is 0.324. The van der Waals surface area contributed by atoms with Gasteiger partial charge in [-0.15, -0.1) is 0 Å². The lowest BCUT2D eigenvalue weighted by atomic mass is 9.79. The lowest BCUT2D eigenvalue weighted by Crippen LogP contribution is -2.71. The van der Waals surface area contributed by atoms with Gasteiger partial charge in [-0.1, -0.05) is 121 Å². The molecule has 1 saturated heterocycles. The molecule has 0 unspecified atom stereocenters. The standard InChI is InChI=1S/C37H38N2O7/c38-23-13-22-37(39(40)41)35(44-26-31-18-9-3-10-19-31)34(43-25-30-16-7-2-8-17-30)33(28-42-24-29-14-5-1-6-15-29)46-36(37)45-27-32-20-11-4-12-21-32/h1-12,14-21,33-36H,13,22,24-28H2/t33-,34+,35+,36+,37-/m1/s1. The van der Waals surface area contributed by atoms with Crippen LogP contribution in [0.3, 0.4) is 0 Å². The summed E-state index contributed by atoms with van der Waals surface area (Å²) >= 11 is 0. The molecule has 46 heavy (non-hydrogen) atoms. The quantitative estimate of drug-likeness (QED) is 0.101. The monoisotopic (exact) mass is 622 g/mol. The van der Waals surface area contributed by atoms with E-state index in [1.54, 1.807) is 0 Å². The summed E-state index contributed by atoms with van der Waals surface area (Å²) in [6.07, 6.45) is -4.51. The summed E-state index contributed by atoms with van der Waals surface area (Å²) in [6.45, 7) is 0.688. The van der Waals surface area contributed by atoms with Gasteiger partial charge in [-0.3, -0.25) is 10.1 Å². The Kier molecular flexibility index (Phi) is 12.0. The van der Waals surface area contributed by atoms with Crippen LogP contribution in [0.2, 0.25) is 0 Å². The van der Waals surface area contributed by atoms with Gasteiger partial charge in [0.15, 0.2) is 6.10 Å². The van der Waals surface area contributed by atoms with Crippen LogP contribution in [0.5, 0.6) is 0 Å². The molecule has 0 saturated carbocycles. The van der Waals surface area contributed by atoms with Crippen molar-refractivity contribution in [3.8, 4) is 6.07 Å². The molecule has 9 nitrogen and oxygen atoms in total. The van der Waals surface area contributed by atoms with E-state index in [0.29, 0.717) is 6.61 Å². The molecular weight excluding hydrogens is 584 g/mol. The molecule has 5 atom stereocenters. The van der Waals surface area contributed by atoms with Crippen molar-refractivity contribution < 1.29 is 28.6 Å². The van der Waals surface area contributed by atoms with Crippen LogP contribution < -0.4 is 0 Å². The highest BCUT2D eigenvalue weighted by molar-refractivity contribution is 5.17. The van der Waals surface area contributed by atoms with Gasteiger partial charge >= 0.3 is 5.54 Å². The van der Waals surface area contributed by atoms with Crippen molar-refractivity contribution in [2.45, 2.75) is 69.4 Å². The van der Waals surface area contributed by atoms with E-state index in [4.69, 9.17) is 23.7 Å². The zero-order chi connectivity index (χ0) is 32.0. The number of nitro groups is 1. The van der Waals surface area contributed by atoms with Crippen LogP contribution in [0.1, 0.15) is 35.1 Å². The number of hydrogen-bond acceptors (Lipinski definition) is 8. The SMILES string of the molecule is N#CCC[C@]1([N+](=O)[O-])[C@@H](OCc2ccccc2)O[C@H](COCc2ccccc2)[C@H](OCc2ccccc2)[C@@H]1OCc1ccccc1. The molecule has 238 valence electrons. The Morgan fingerprint density at radius 3 is 1.63 bits per heavy atom. The minimum atomic E-state index is -1.96. The van der Waals surface area contributed by atoms with Gasteiger partial charge in [-0.25, -0.2) is 0 Å². The van der Waals surface area contributed by atoms with Crippen molar-refractivity contribution in [1.82, 2.24) is 0 Å². The molecule has 0 N–H and O–H groups in total. The van der Waals surface area contributed by atoms with Crippen molar-refractivity contribution in [3.05, 3.63) is 154 Å². The van der Waals surface area contributed by atoms with E-state index in [9.17, 15) is 15.4 Å². The summed E-state index contributed by atoms with van der Waals surface area (Å²) in [7, 11) is 0. The van der Waals surface area contributed by atoms with Crippen molar-refractivity contribution in [1.29, 1.82) is 5.26 Å². The molecule has 4 aromatic carbocycles. The van der Waals surface area contributed by atoms with E-state index in [2.05, 4.69) is 6.07 Å². The van der Waals surface area contributed by atoms with E-state index in [-0.39, 0.29) is 39.3 Å². The summed E-state index contributed by atoms with van der Waals surface area (Å²) in [5, 5.41) is 23.0. The molecule has 1 fully saturated rings. The maximum Gasteiger partial charge on any atom is 0.301 e. The number of nitriles is 1. The first kappa shape index (κ1) is 32.9. The average Bonchev–Trinajstić information content (AvgIpc) is 3.10. The van der Waals surface area contributed by atoms with Gasteiger partial charge in [0.2, 0.25) is 6.29 Å². The summed E-state index contributed by atoms with van der Waals surface area (Å²) in [6, 6.07) is 40.2. The highest BCUT2D eigenvalue weighted by Crippen LogP contribution is 2.41.